The van der Waals surface area contributed by atoms with Gasteiger partial charge >= 0.3 is 6.16 Å². The van der Waals surface area contributed by atoms with E-state index in [9.17, 15) is 14.4 Å². The first kappa shape index (κ1) is 19.9. The Kier molecular flexibility index (Phi) is 6.77. The van der Waals surface area contributed by atoms with Crippen molar-refractivity contribution in [1.82, 2.24) is 0 Å². The second-order valence-corrected chi connectivity index (χ2v) is 6.25. The summed E-state index contributed by atoms with van der Waals surface area (Å²) in [6.45, 7) is 3.37. The zero-order valence-corrected chi connectivity index (χ0v) is 15.6. The van der Waals surface area contributed by atoms with E-state index in [4.69, 9.17) is 32.7 Å². The van der Waals surface area contributed by atoms with Crippen molar-refractivity contribution in [2.45, 2.75) is 26.1 Å². The molecule has 0 aromatic heterocycles. The first-order chi connectivity index (χ1) is 12.3. The van der Waals surface area contributed by atoms with Gasteiger partial charge in [-0.15, -0.1) is 0 Å². The highest BCUT2D eigenvalue weighted by atomic mass is 35.5. The molecule has 0 spiro atoms. The van der Waals surface area contributed by atoms with E-state index >= 15 is 0 Å². The van der Waals surface area contributed by atoms with Crippen LogP contribution in [0.2, 0.25) is 0 Å². The summed E-state index contributed by atoms with van der Waals surface area (Å²) >= 11 is 10.8. The van der Waals surface area contributed by atoms with Crippen LogP contribution in [0.25, 0.3) is 0 Å². The quantitative estimate of drug-likeness (QED) is 0.483. The molecule has 0 amide bonds. The van der Waals surface area contributed by atoms with E-state index in [0.717, 1.165) is 0 Å². The molecular weight excluding hydrogens is 379 g/mol. The summed E-state index contributed by atoms with van der Waals surface area (Å²) in [4.78, 5) is 34.1. The van der Waals surface area contributed by atoms with Crippen LogP contribution in [0.15, 0.2) is 48.5 Å². The molecule has 0 bridgehead atoms. The van der Waals surface area contributed by atoms with Crippen LogP contribution < -0.4 is 0 Å². The van der Waals surface area contributed by atoms with Crippen LogP contribution in [0.3, 0.4) is 0 Å². The van der Waals surface area contributed by atoms with Gasteiger partial charge in [-0.25, -0.2) is 4.79 Å². The van der Waals surface area contributed by atoms with E-state index in [2.05, 4.69) is 0 Å². The van der Waals surface area contributed by atoms with E-state index in [1.165, 1.54) is 0 Å². The molecule has 2 aromatic rings. The molecule has 0 saturated heterocycles. The minimum absolute atomic E-state index is 0.359. The van der Waals surface area contributed by atoms with Gasteiger partial charge in [-0.3, -0.25) is 9.59 Å². The third kappa shape index (κ3) is 5.31. The molecule has 0 aliphatic carbocycles. The lowest BCUT2D eigenvalue weighted by molar-refractivity contribution is 0.00623. The Morgan fingerprint density at radius 3 is 1.27 bits per heavy atom. The largest absolute Gasteiger partial charge is 0.509 e. The van der Waals surface area contributed by atoms with Gasteiger partial charge in [0.1, 0.15) is 12.2 Å². The zero-order valence-electron chi connectivity index (χ0n) is 14.1. The smallest absolute Gasteiger partial charge is 0.426 e. The Morgan fingerprint density at radius 1 is 0.692 bits per heavy atom. The van der Waals surface area contributed by atoms with Crippen LogP contribution >= 0.6 is 23.2 Å². The highest BCUT2D eigenvalue weighted by Gasteiger charge is 2.17. The minimum Gasteiger partial charge on any atom is -0.426 e. The van der Waals surface area contributed by atoms with E-state index in [0.29, 0.717) is 22.3 Å². The lowest BCUT2D eigenvalue weighted by atomic mass is 10.1. The summed E-state index contributed by atoms with van der Waals surface area (Å²) < 4.78 is 10.5. The van der Waals surface area contributed by atoms with Crippen LogP contribution in [-0.2, 0) is 9.47 Å². The number of hydrogen-bond acceptors (Lipinski definition) is 5. The maximum Gasteiger partial charge on any atom is 0.509 e. The molecule has 5 nitrogen and oxygen atoms in total. The van der Waals surface area contributed by atoms with Gasteiger partial charge in [0.25, 0.3) is 10.5 Å². The Labute approximate surface area is 160 Å². The van der Waals surface area contributed by atoms with Gasteiger partial charge in [0.15, 0.2) is 0 Å². The maximum absolute atomic E-state index is 12.0. The van der Waals surface area contributed by atoms with Gasteiger partial charge in [0.2, 0.25) is 0 Å². The zero-order chi connectivity index (χ0) is 19.3. The SMILES string of the molecule is CC(OC(=O)OC(C)c1ccc(C(=O)Cl)cc1)c1ccc(C(=O)Cl)cc1. The first-order valence-electron chi connectivity index (χ1n) is 7.74. The van der Waals surface area contributed by atoms with Gasteiger partial charge in [-0.05, 0) is 72.4 Å². The normalized spacial score (nSPS) is 12.8. The summed E-state index contributed by atoms with van der Waals surface area (Å²) in [7, 11) is 0. The van der Waals surface area contributed by atoms with Crippen LogP contribution in [-0.4, -0.2) is 16.6 Å². The maximum atomic E-state index is 12.0. The number of benzene rings is 2. The number of hydrogen-bond donors (Lipinski definition) is 0. The Morgan fingerprint density at radius 2 is 1.00 bits per heavy atom. The van der Waals surface area contributed by atoms with Crippen molar-refractivity contribution in [2.75, 3.05) is 0 Å². The Hall–Kier alpha value is -2.37. The lowest BCUT2D eigenvalue weighted by Gasteiger charge is -2.17. The average Bonchev–Trinajstić information content (AvgIpc) is 2.61. The molecule has 136 valence electrons. The molecule has 0 fully saturated rings. The molecule has 2 atom stereocenters. The monoisotopic (exact) mass is 394 g/mol. The van der Waals surface area contributed by atoms with E-state index in [-0.39, 0.29) is 0 Å². The van der Waals surface area contributed by atoms with Crippen LogP contribution in [0.5, 0.6) is 0 Å². The second kappa shape index (κ2) is 8.83. The highest BCUT2D eigenvalue weighted by Crippen LogP contribution is 2.22. The van der Waals surface area contributed by atoms with Crippen molar-refractivity contribution in [2.24, 2.45) is 0 Å². The minimum atomic E-state index is -0.833. The van der Waals surface area contributed by atoms with Gasteiger partial charge in [0, 0.05) is 11.1 Å². The van der Waals surface area contributed by atoms with Crippen molar-refractivity contribution < 1.29 is 23.9 Å². The summed E-state index contributed by atoms with van der Waals surface area (Å²) in [5, 5.41) is -1.11. The van der Waals surface area contributed by atoms with Crippen LogP contribution in [0.4, 0.5) is 4.79 Å². The molecular formula is C19H16Cl2O5. The Balaban J connectivity index is 1.94. The fourth-order valence-electron chi connectivity index (χ4n) is 2.22. The summed E-state index contributed by atoms with van der Waals surface area (Å²) in [6.07, 6.45) is -1.96. The number of carbonyl (C=O) groups excluding carboxylic acids is 3. The fraction of sp³-hybridized carbons (Fsp3) is 0.211. The van der Waals surface area contributed by atoms with Crippen molar-refractivity contribution >= 4 is 39.8 Å². The molecule has 0 heterocycles. The van der Waals surface area contributed by atoms with Gasteiger partial charge in [-0.2, -0.15) is 0 Å². The molecule has 7 heteroatoms. The Bertz CT molecular complexity index is 732. The van der Waals surface area contributed by atoms with Crippen molar-refractivity contribution in [3.8, 4) is 0 Å². The predicted molar refractivity (Wildman–Crippen MR) is 97.6 cm³/mol. The molecule has 2 unspecified atom stereocenters. The van der Waals surface area contributed by atoms with E-state index in [1.807, 2.05) is 0 Å². The number of ether oxygens (including phenoxy) is 2. The second-order valence-electron chi connectivity index (χ2n) is 5.56. The van der Waals surface area contributed by atoms with Gasteiger partial charge in [-0.1, -0.05) is 24.3 Å². The molecule has 0 saturated carbocycles. The third-order valence-electron chi connectivity index (χ3n) is 3.76. The van der Waals surface area contributed by atoms with Gasteiger partial charge in [0.05, 0.1) is 0 Å². The molecule has 2 aromatic carbocycles. The summed E-state index contributed by atoms with van der Waals surface area (Å²) in [6, 6.07) is 12.8. The summed E-state index contributed by atoms with van der Waals surface area (Å²) in [5.41, 5.74) is 2.11. The standard InChI is InChI=1S/C19H16Cl2O5/c1-11(13-3-7-15(8-4-13)17(20)22)25-19(24)26-12(2)14-5-9-16(10-6-14)18(21)23/h3-12H,1-2H3. The van der Waals surface area contributed by atoms with Crippen LogP contribution in [0, 0.1) is 0 Å². The lowest BCUT2D eigenvalue weighted by Crippen LogP contribution is -2.13. The molecule has 2 rings (SSSR count). The van der Waals surface area contributed by atoms with E-state index in [1.54, 1.807) is 62.4 Å². The molecule has 0 N–H and O–H groups in total. The number of rotatable bonds is 6. The number of halogens is 2. The first-order valence-corrected chi connectivity index (χ1v) is 8.50. The predicted octanol–water partition coefficient (Wildman–Crippen LogP) is 5.42. The fourth-order valence-corrected chi connectivity index (χ4v) is 2.47. The van der Waals surface area contributed by atoms with Crippen molar-refractivity contribution in [3.63, 3.8) is 0 Å². The van der Waals surface area contributed by atoms with Crippen LogP contribution in [0.1, 0.15) is 57.9 Å². The summed E-state index contributed by atoms with van der Waals surface area (Å²) in [5.74, 6) is 0. The average molecular weight is 395 g/mol. The van der Waals surface area contributed by atoms with Gasteiger partial charge < -0.3 is 9.47 Å². The topological polar surface area (TPSA) is 69.7 Å². The number of carbonyl (C=O) groups is 3. The molecule has 0 radical (unpaired) electrons. The molecule has 0 aliphatic heterocycles. The van der Waals surface area contributed by atoms with E-state index < -0.39 is 28.8 Å². The van der Waals surface area contributed by atoms with Crippen molar-refractivity contribution in [1.29, 1.82) is 0 Å². The third-order valence-corrected chi connectivity index (χ3v) is 4.20. The molecule has 0 aliphatic rings. The highest BCUT2D eigenvalue weighted by molar-refractivity contribution is 6.68. The molecule has 26 heavy (non-hydrogen) atoms. The van der Waals surface area contributed by atoms with Crippen molar-refractivity contribution in [3.05, 3.63) is 70.8 Å².